The third-order valence-corrected chi connectivity index (χ3v) is 4.12. The molecule has 0 aromatic heterocycles. The summed E-state index contributed by atoms with van der Waals surface area (Å²) in [5, 5.41) is 3.14. The summed E-state index contributed by atoms with van der Waals surface area (Å²) < 4.78 is 13.6. The fraction of sp³-hybridized carbons (Fsp3) is 0.462. The number of hydrogen-bond donors (Lipinski definition) is 1. The molecule has 0 spiro atoms. The van der Waals surface area contributed by atoms with E-state index in [1.54, 1.807) is 0 Å². The monoisotopic (exact) mass is 289 g/mol. The van der Waals surface area contributed by atoms with Crippen molar-refractivity contribution in [3.05, 3.63) is 34.6 Å². The predicted octanol–water partition coefficient (Wildman–Crippen LogP) is 3.76. The molecule has 1 N–H and O–H groups in total. The van der Waals surface area contributed by atoms with Gasteiger partial charge in [-0.2, -0.15) is 0 Å². The van der Waals surface area contributed by atoms with Gasteiger partial charge in [-0.3, -0.25) is 4.79 Å². The van der Waals surface area contributed by atoms with Crippen molar-refractivity contribution in [3.63, 3.8) is 0 Å². The van der Waals surface area contributed by atoms with Gasteiger partial charge in [0.2, 0.25) is 0 Å². The molecule has 1 fully saturated rings. The molecule has 0 saturated heterocycles. The maximum atomic E-state index is 13.6. The lowest BCUT2D eigenvalue weighted by molar-refractivity contribution is 0.0905. The Morgan fingerprint density at radius 1 is 1.39 bits per heavy atom. The molecule has 18 heavy (non-hydrogen) atoms. The average molecular weight is 290 g/mol. The summed E-state index contributed by atoms with van der Waals surface area (Å²) in [5.41, 5.74) is -0.374. The summed E-state index contributed by atoms with van der Waals surface area (Å²) in [5.74, 6) is -0.678. The number of nitrogens with one attached hydrogen (secondary N) is 1. The average Bonchev–Trinajstić information content (AvgIpc) is 2.78. The number of carbonyl (C=O) groups excluding carboxylic acids is 1. The first-order valence-corrected chi connectivity index (χ1v) is 6.81. The fourth-order valence-corrected chi connectivity index (χ4v) is 2.82. The van der Waals surface area contributed by atoms with E-state index in [-0.39, 0.29) is 16.1 Å². The van der Waals surface area contributed by atoms with E-state index in [0.717, 1.165) is 31.7 Å². The molecule has 0 heterocycles. The Bertz CT molecular complexity index is 458. The highest BCUT2D eigenvalue weighted by atomic mass is 35.5. The van der Waals surface area contributed by atoms with Crippen LogP contribution in [0.2, 0.25) is 5.02 Å². The van der Waals surface area contributed by atoms with Crippen molar-refractivity contribution in [1.82, 2.24) is 5.32 Å². The van der Waals surface area contributed by atoms with Crippen molar-refractivity contribution >= 4 is 29.1 Å². The minimum atomic E-state index is -0.609. The van der Waals surface area contributed by atoms with Crippen LogP contribution in [0, 0.1) is 5.82 Å². The molecular weight excluding hydrogens is 276 g/mol. The van der Waals surface area contributed by atoms with E-state index >= 15 is 0 Å². The second-order valence-electron chi connectivity index (χ2n) is 4.70. The summed E-state index contributed by atoms with van der Waals surface area (Å²) in [7, 11) is 0. The molecule has 1 aliphatic rings. The van der Waals surface area contributed by atoms with Gasteiger partial charge >= 0.3 is 0 Å². The van der Waals surface area contributed by atoms with E-state index < -0.39 is 11.7 Å². The molecule has 0 atom stereocenters. The number of hydrogen-bond acceptors (Lipinski definition) is 1. The molecule has 0 radical (unpaired) electrons. The molecule has 1 aromatic rings. The normalized spacial score (nSPS) is 17.7. The van der Waals surface area contributed by atoms with Gasteiger partial charge in [0.15, 0.2) is 0 Å². The number of halogens is 3. The largest absolute Gasteiger partial charge is 0.345 e. The maximum Gasteiger partial charge on any atom is 0.254 e. The second-order valence-corrected chi connectivity index (χ2v) is 5.40. The predicted molar refractivity (Wildman–Crippen MR) is 70.8 cm³/mol. The Morgan fingerprint density at radius 3 is 2.61 bits per heavy atom. The highest BCUT2D eigenvalue weighted by molar-refractivity contribution is 6.30. The van der Waals surface area contributed by atoms with Crippen LogP contribution in [0.4, 0.5) is 4.39 Å². The van der Waals surface area contributed by atoms with Gasteiger partial charge in [0.05, 0.1) is 11.1 Å². The van der Waals surface area contributed by atoms with Crippen molar-refractivity contribution in [2.45, 2.75) is 31.2 Å². The maximum absolute atomic E-state index is 13.6. The minimum absolute atomic E-state index is 0.00999. The van der Waals surface area contributed by atoms with Crippen LogP contribution in [0.5, 0.6) is 0 Å². The first-order valence-electron chi connectivity index (χ1n) is 5.90. The van der Waals surface area contributed by atoms with Crippen molar-refractivity contribution in [3.8, 4) is 0 Å². The van der Waals surface area contributed by atoms with Crippen molar-refractivity contribution < 1.29 is 9.18 Å². The molecule has 1 aliphatic carbocycles. The summed E-state index contributed by atoms with van der Waals surface area (Å²) >= 11 is 11.6. The van der Waals surface area contributed by atoms with Gasteiger partial charge in [0, 0.05) is 10.9 Å². The molecule has 1 saturated carbocycles. The lowest BCUT2D eigenvalue weighted by atomic mass is 9.99. The molecule has 0 unspecified atom stereocenters. The second kappa shape index (κ2) is 5.45. The summed E-state index contributed by atoms with van der Waals surface area (Å²) in [6.07, 6.45) is 3.76. The zero-order valence-corrected chi connectivity index (χ0v) is 11.3. The first kappa shape index (κ1) is 13.6. The van der Waals surface area contributed by atoms with Crippen molar-refractivity contribution in [1.29, 1.82) is 0 Å². The molecule has 2 rings (SSSR count). The van der Waals surface area contributed by atoms with Crippen molar-refractivity contribution in [2.24, 2.45) is 0 Å². The van der Waals surface area contributed by atoms with Crippen LogP contribution >= 0.6 is 23.2 Å². The lowest BCUT2D eigenvalue weighted by Crippen LogP contribution is -2.48. The van der Waals surface area contributed by atoms with Crippen LogP contribution in [-0.4, -0.2) is 17.3 Å². The Labute approximate surface area is 115 Å². The van der Waals surface area contributed by atoms with Gasteiger partial charge in [-0.25, -0.2) is 4.39 Å². The van der Waals surface area contributed by atoms with E-state index in [1.165, 1.54) is 12.1 Å². The zero-order chi connectivity index (χ0) is 13.2. The van der Waals surface area contributed by atoms with Gasteiger partial charge in [-0.1, -0.05) is 24.4 Å². The SMILES string of the molecule is O=C(NC1(CCl)CCCC1)c1ccc(Cl)cc1F. The van der Waals surface area contributed by atoms with Gasteiger partial charge in [0.25, 0.3) is 5.91 Å². The van der Waals surface area contributed by atoms with Gasteiger partial charge in [-0.05, 0) is 31.0 Å². The van der Waals surface area contributed by atoms with Gasteiger partial charge in [-0.15, -0.1) is 11.6 Å². The summed E-state index contributed by atoms with van der Waals surface area (Å²) in [6, 6.07) is 4.03. The molecule has 2 nitrogen and oxygen atoms in total. The third-order valence-electron chi connectivity index (χ3n) is 3.37. The summed E-state index contributed by atoms with van der Waals surface area (Å²) in [6.45, 7) is 0. The van der Waals surface area contributed by atoms with Crippen LogP contribution in [0.3, 0.4) is 0 Å². The highest BCUT2D eigenvalue weighted by Gasteiger charge is 2.35. The number of alkyl halides is 1. The highest BCUT2D eigenvalue weighted by Crippen LogP contribution is 2.31. The van der Waals surface area contributed by atoms with Crippen LogP contribution in [0.15, 0.2) is 18.2 Å². The smallest absolute Gasteiger partial charge is 0.254 e. The van der Waals surface area contributed by atoms with Crippen molar-refractivity contribution in [2.75, 3.05) is 5.88 Å². The van der Waals surface area contributed by atoms with E-state index in [2.05, 4.69) is 5.32 Å². The lowest BCUT2D eigenvalue weighted by Gasteiger charge is -2.27. The number of benzene rings is 1. The number of carbonyl (C=O) groups is 1. The van der Waals surface area contributed by atoms with E-state index in [0.29, 0.717) is 5.88 Å². The van der Waals surface area contributed by atoms with E-state index in [9.17, 15) is 9.18 Å². The van der Waals surface area contributed by atoms with Gasteiger partial charge in [0.1, 0.15) is 5.82 Å². The van der Waals surface area contributed by atoms with Crippen LogP contribution in [0.1, 0.15) is 36.0 Å². The van der Waals surface area contributed by atoms with E-state index in [1.807, 2.05) is 0 Å². The van der Waals surface area contributed by atoms with Crippen LogP contribution < -0.4 is 5.32 Å². The number of rotatable bonds is 3. The molecule has 5 heteroatoms. The standard InChI is InChI=1S/C13H14Cl2FNO/c14-8-13(5-1-2-6-13)17-12(18)10-4-3-9(15)7-11(10)16/h3-4,7H,1-2,5-6,8H2,(H,17,18). The quantitative estimate of drug-likeness (QED) is 0.844. The molecular formula is C13H14Cl2FNO. The molecule has 1 aromatic carbocycles. The van der Waals surface area contributed by atoms with E-state index in [4.69, 9.17) is 23.2 Å². The Hall–Kier alpha value is -0.800. The Balaban J connectivity index is 2.16. The number of amides is 1. The molecule has 0 bridgehead atoms. The van der Waals surface area contributed by atoms with Gasteiger partial charge < -0.3 is 5.32 Å². The Morgan fingerprint density at radius 2 is 2.06 bits per heavy atom. The Kier molecular flexibility index (Phi) is 4.13. The topological polar surface area (TPSA) is 29.1 Å². The van der Waals surface area contributed by atoms with Crippen LogP contribution in [0.25, 0.3) is 0 Å². The van der Waals surface area contributed by atoms with Crippen LogP contribution in [-0.2, 0) is 0 Å². The minimum Gasteiger partial charge on any atom is -0.345 e. The molecule has 98 valence electrons. The first-order chi connectivity index (χ1) is 8.56. The molecule has 0 aliphatic heterocycles. The fourth-order valence-electron chi connectivity index (χ4n) is 2.33. The molecule has 1 amide bonds. The zero-order valence-electron chi connectivity index (χ0n) is 9.81. The summed E-state index contributed by atoms with van der Waals surface area (Å²) in [4.78, 5) is 12.0. The third kappa shape index (κ3) is 2.78.